The molecule has 98 heavy (non-hydrogen) atoms. The third-order valence-electron chi connectivity index (χ3n) is 14.6. The number of hydrogen-bond acceptors (Lipinski definition) is 10. The van der Waals surface area contributed by atoms with Crippen LogP contribution in [0.5, 0.6) is 0 Å². The Morgan fingerprint density at radius 3 is 1.26 bits per heavy atom. The predicted octanol–water partition coefficient (Wildman–Crippen LogP) is 20.7. The maximum absolute atomic E-state index is 12.3. The highest BCUT2D eigenvalue weighted by atomic mass is 32.2. The summed E-state index contributed by atoms with van der Waals surface area (Å²) in [5, 5.41) is -1.16. The predicted molar refractivity (Wildman–Crippen MR) is 404 cm³/mol. The lowest BCUT2D eigenvalue weighted by molar-refractivity contribution is -0.124. The second-order valence-corrected chi connectivity index (χ2v) is 24.2. The molecule has 516 valence electrons. The van der Waals surface area contributed by atoms with Crippen LogP contribution in [0.1, 0.15) is 147 Å². The molecule has 1 amide bonds. The van der Waals surface area contributed by atoms with Crippen molar-refractivity contribution >= 4 is 44.1 Å². The molecular formula is C83H97N3O10S2. The van der Waals surface area contributed by atoms with Crippen molar-refractivity contribution < 1.29 is 45.1 Å². The van der Waals surface area contributed by atoms with Crippen molar-refractivity contribution in [1.29, 1.82) is 0 Å². The van der Waals surface area contributed by atoms with E-state index in [0.29, 0.717) is 24.0 Å². The summed E-state index contributed by atoms with van der Waals surface area (Å²) in [7, 11) is -9.00. The van der Waals surface area contributed by atoms with Crippen molar-refractivity contribution in [2.75, 3.05) is 0 Å². The third-order valence-corrected chi connectivity index (χ3v) is 16.8. The molecule has 13 nitrogen and oxygen atoms in total. The van der Waals surface area contributed by atoms with E-state index < -0.39 is 37.5 Å². The molecule has 0 bridgehead atoms. The topological polar surface area (TPSA) is 207 Å². The summed E-state index contributed by atoms with van der Waals surface area (Å²) in [6.07, 6.45) is 4.89. The fraction of sp³-hybridized carbons (Fsp3) is 0.253. The van der Waals surface area contributed by atoms with Crippen LogP contribution < -0.4 is 0 Å². The average Bonchev–Trinajstić information content (AvgIpc) is 0.738. The van der Waals surface area contributed by atoms with Crippen LogP contribution in [0.4, 0.5) is 4.79 Å². The number of pyridine rings is 2. The number of nitrogens with zero attached hydrogens (tertiary/aromatic N) is 3. The average molecular weight is 1360 g/mol. The Hall–Kier alpha value is -9.64. The van der Waals surface area contributed by atoms with E-state index in [0.717, 1.165) is 92.1 Å². The number of aromatic nitrogens is 2. The fourth-order valence-electron chi connectivity index (χ4n) is 10.5. The molecule has 2 heterocycles. The monoisotopic (exact) mass is 1360 g/mol. The minimum atomic E-state index is -4.56. The Morgan fingerprint density at radius 1 is 0.469 bits per heavy atom. The third kappa shape index (κ3) is 27.1. The smallest absolute Gasteiger partial charge is 0.433 e. The van der Waals surface area contributed by atoms with Gasteiger partial charge >= 0.3 is 6.09 Å². The minimum Gasteiger partial charge on any atom is -0.443 e. The van der Waals surface area contributed by atoms with Gasteiger partial charge in [0.2, 0.25) is 0 Å². The quantitative estimate of drug-likeness (QED) is 0.0665. The van der Waals surface area contributed by atoms with Crippen LogP contribution in [0.25, 0.3) is 45.0 Å². The number of fused-ring (bicyclic) bond motifs is 2. The largest absolute Gasteiger partial charge is 0.443 e. The molecule has 0 unspecified atom stereocenters. The van der Waals surface area contributed by atoms with Gasteiger partial charge in [-0.05, 0) is 122 Å². The van der Waals surface area contributed by atoms with Gasteiger partial charge in [0.15, 0.2) is 0 Å². The maximum atomic E-state index is 12.3. The van der Waals surface area contributed by atoms with Gasteiger partial charge in [-0.15, -0.1) is 0 Å². The summed E-state index contributed by atoms with van der Waals surface area (Å²) in [6, 6.07) is 82.6. The van der Waals surface area contributed by atoms with Gasteiger partial charge in [-0.3, -0.25) is 18.7 Å². The summed E-state index contributed by atoms with van der Waals surface area (Å²) in [5.74, 6) is -0.968. The lowest BCUT2D eigenvalue weighted by atomic mass is 9.74. The molecule has 0 radical (unpaired) electrons. The number of carbonyl (C=O) groups is 3. The molecule has 2 aromatic heterocycles. The molecule has 0 spiro atoms. The van der Waals surface area contributed by atoms with Gasteiger partial charge in [0, 0.05) is 34.4 Å². The molecule has 2 N–H and O–H groups in total. The SMILES string of the molecule is C.CC.CC.CC.CC.CC(=O)CC(C)=O.O=C(N=Cc1ccccc1)OCc1ccccc1.O=S(=O)(O)c1ccc2c(c1[C@H]1c3ccccc3CC[C@H]1S(=O)(=O)O)CCCC2.c1ccc(-c2cccc(-c3ccccc3)n2)cc1.c1ccc(-c2cccc(-c3ccccc3)n2)cc1. The number of Topliss-reactive ketones (excluding diaryl/α,β-unsaturated/α-hetero) is 2. The Morgan fingerprint density at radius 2 is 0.857 bits per heavy atom. The van der Waals surface area contributed by atoms with Crippen molar-refractivity contribution in [1.82, 2.24) is 9.97 Å². The van der Waals surface area contributed by atoms with Gasteiger partial charge in [0.05, 0.1) is 39.3 Å². The summed E-state index contributed by atoms with van der Waals surface area (Å²) in [6.45, 7) is 19.1. The molecule has 0 aliphatic heterocycles. The molecule has 2 aliphatic rings. The van der Waals surface area contributed by atoms with Gasteiger partial charge < -0.3 is 4.74 Å². The van der Waals surface area contributed by atoms with Crippen molar-refractivity contribution in [3.8, 4) is 45.0 Å². The van der Waals surface area contributed by atoms with E-state index in [4.69, 9.17) is 14.7 Å². The summed E-state index contributed by atoms with van der Waals surface area (Å²) in [4.78, 5) is 44.3. The Bertz CT molecular complexity index is 3960. The molecule has 2 aliphatic carbocycles. The van der Waals surface area contributed by atoms with Crippen LogP contribution in [-0.2, 0) is 60.4 Å². The van der Waals surface area contributed by atoms with Crippen LogP contribution in [0.15, 0.2) is 265 Å². The molecule has 8 aromatic carbocycles. The minimum absolute atomic E-state index is 0. The van der Waals surface area contributed by atoms with Gasteiger partial charge in [-0.25, -0.2) is 14.8 Å². The number of hydrogen-bond donors (Lipinski definition) is 2. The highest BCUT2D eigenvalue weighted by Gasteiger charge is 2.42. The van der Waals surface area contributed by atoms with Crippen molar-refractivity contribution in [2.24, 2.45) is 4.99 Å². The molecule has 2 atom stereocenters. The number of rotatable bonds is 12. The van der Waals surface area contributed by atoms with Crippen molar-refractivity contribution in [3.05, 3.63) is 294 Å². The molecule has 10 aromatic rings. The fourth-order valence-corrected chi connectivity index (χ4v) is 12.3. The lowest BCUT2D eigenvalue weighted by Gasteiger charge is -2.35. The Kier molecular flexibility index (Phi) is 37.9. The molecule has 0 saturated carbocycles. The van der Waals surface area contributed by atoms with Gasteiger partial charge in [-0.1, -0.05) is 287 Å². The highest BCUT2D eigenvalue weighted by molar-refractivity contribution is 7.86. The van der Waals surface area contributed by atoms with E-state index in [2.05, 4.69) is 65.7 Å². The van der Waals surface area contributed by atoms with Gasteiger partial charge in [0.25, 0.3) is 20.2 Å². The molecular weight excluding hydrogens is 1260 g/mol. The van der Waals surface area contributed by atoms with Crippen molar-refractivity contribution in [3.63, 3.8) is 0 Å². The first kappa shape index (κ1) is 82.6. The number of aryl methyl sites for hydroxylation is 2. The maximum Gasteiger partial charge on any atom is 0.433 e. The second kappa shape index (κ2) is 45.0. The number of carbonyl (C=O) groups excluding carboxylic acids is 3. The molecule has 15 heteroatoms. The van der Waals surface area contributed by atoms with Crippen molar-refractivity contribution in [2.45, 2.75) is 144 Å². The normalized spacial score (nSPS) is 12.9. The highest BCUT2D eigenvalue weighted by Crippen LogP contribution is 2.45. The van der Waals surface area contributed by atoms with E-state index in [1.807, 2.05) is 225 Å². The van der Waals surface area contributed by atoms with Gasteiger partial charge in [-0.2, -0.15) is 21.8 Å². The second-order valence-electron chi connectivity index (χ2n) is 21.1. The number of amides is 1. The first-order chi connectivity index (χ1) is 47.0. The summed E-state index contributed by atoms with van der Waals surface area (Å²) >= 11 is 0. The van der Waals surface area contributed by atoms with Crippen LogP contribution in [0, 0.1) is 0 Å². The first-order valence-corrected chi connectivity index (χ1v) is 36.1. The molecule has 0 saturated heterocycles. The summed E-state index contributed by atoms with van der Waals surface area (Å²) < 4.78 is 73.8. The van der Waals surface area contributed by atoms with Crippen LogP contribution in [-0.4, -0.2) is 65.0 Å². The number of ether oxygens (including phenoxy) is 1. The lowest BCUT2D eigenvalue weighted by Crippen LogP contribution is -2.35. The van der Waals surface area contributed by atoms with E-state index in [1.54, 1.807) is 18.2 Å². The number of ketones is 2. The van der Waals surface area contributed by atoms with Gasteiger partial charge in [0.1, 0.15) is 18.2 Å². The van der Waals surface area contributed by atoms with E-state index >= 15 is 0 Å². The summed E-state index contributed by atoms with van der Waals surface area (Å²) in [5.41, 5.74) is 14.2. The first-order valence-electron chi connectivity index (χ1n) is 33.1. The number of benzene rings is 8. The Balaban J connectivity index is 0.000000322. The van der Waals surface area contributed by atoms with Crippen LogP contribution >= 0.6 is 0 Å². The zero-order chi connectivity index (χ0) is 71.0. The standard InChI is InChI=1S/C20H22O6S2.2C17H13N.C15H13NO2.C5H8O2.4C2H6.CH4/c21-27(22,23)17-11-9-13-5-1-3-7-15(13)19(17)20-16-8-4-2-6-14(16)10-12-18(20)28(24,25)26;2*1-3-8-14(9-4-1)16-12-7-13-17(18-16)15-10-5-2-6-11-15;17-15(16-11-13-7-3-1-4-8-13)18-12-14-9-5-2-6-10-14;1-4(6)3-5(2)7;4*1-2;/h1,3,5,7,10,12,17,19H,2,4,6,8-9,11H2,(H,21,22,23)(H,24,25,26);2*1-13H;1-11H,12H2;3H2,1-2H3;4*1-2H3;1H4/t17-,19+;;;;;;;;;/m1........./s1. The Labute approximate surface area is 583 Å². The van der Waals surface area contributed by atoms with E-state index in [-0.39, 0.29) is 43.3 Å². The number of aliphatic imine (C=N–C) groups is 1. The molecule has 0 fully saturated rings. The van der Waals surface area contributed by atoms with Crippen LogP contribution in [0.2, 0.25) is 0 Å². The van der Waals surface area contributed by atoms with Crippen LogP contribution in [0.3, 0.4) is 0 Å². The van der Waals surface area contributed by atoms with E-state index in [9.17, 15) is 40.3 Å². The molecule has 12 rings (SSSR count). The van der Waals surface area contributed by atoms with E-state index in [1.165, 1.54) is 26.1 Å². The zero-order valence-corrected chi connectivity index (χ0v) is 59.1. The zero-order valence-electron chi connectivity index (χ0n) is 57.5.